The fourth-order valence-electron chi connectivity index (χ4n) is 7.10. The average Bonchev–Trinajstić information content (AvgIpc) is 3.69. The Morgan fingerprint density at radius 3 is 2.34 bits per heavy atom. The third kappa shape index (κ3) is 5.71. The molecule has 7 aromatic rings. The van der Waals surface area contributed by atoms with E-state index in [-0.39, 0.29) is 0 Å². The van der Waals surface area contributed by atoms with Crippen molar-refractivity contribution in [2.45, 2.75) is 66.7 Å². The Labute approximate surface area is 277 Å². The van der Waals surface area contributed by atoms with Crippen LogP contribution in [0, 0.1) is 13.8 Å². The number of nitrogens with zero attached hydrogens (tertiary/aromatic N) is 4. The van der Waals surface area contributed by atoms with Gasteiger partial charge >= 0.3 is 0 Å². The first-order valence-electron chi connectivity index (χ1n) is 16.9. The molecule has 0 aliphatic heterocycles. The second-order valence-electron chi connectivity index (χ2n) is 12.5. The fourth-order valence-corrected chi connectivity index (χ4v) is 7.10. The number of rotatable bonds is 10. The molecule has 0 saturated carbocycles. The second-order valence-corrected chi connectivity index (χ2v) is 12.5. The first-order valence-corrected chi connectivity index (χ1v) is 16.9. The highest BCUT2D eigenvalue weighted by atomic mass is 16.5. The lowest BCUT2D eigenvalue weighted by atomic mass is 9.85. The van der Waals surface area contributed by atoms with E-state index in [9.17, 15) is 0 Å². The lowest BCUT2D eigenvalue weighted by Crippen LogP contribution is -2.03. The Morgan fingerprint density at radius 1 is 0.723 bits per heavy atom. The van der Waals surface area contributed by atoms with Crippen LogP contribution in [0.5, 0.6) is 11.5 Å². The molecule has 0 saturated heterocycles. The van der Waals surface area contributed by atoms with E-state index in [0.717, 1.165) is 71.7 Å². The summed E-state index contributed by atoms with van der Waals surface area (Å²) in [5.74, 6) is 2.43. The van der Waals surface area contributed by atoms with Gasteiger partial charge in [0.05, 0.1) is 22.9 Å². The normalized spacial score (nSPS) is 11.5. The maximum Gasteiger partial charge on any atom is 0.137 e. The van der Waals surface area contributed by atoms with Crippen LogP contribution in [0.15, 0.2) is 104 Å². The molecule has 0 bridgehead atoms. The van der Waals surface area contributed by atoms with Crippen molar-refractivity contribution in [2.24, 2.45) is 0 Å². The summed E-state index contributed by atoms with van der Waals surface area (Å²) >= 11 is 0. The minimum atomic E-state index is 0.759. The molecule has 0 atom stereocenters. The molecule has 47 heavy (non-hydrogen) atoms. The number of fused-ring (bicyclic) bond motifs is 3. The Bertz CT molecular complexity index is 2220. The molecule has 236 valence electrons. The lowest BCUT2D eigenvalue weighted by Gasteiger charge is -2.19. The molecule has 0 N–H and O–H groups in total. The zero-order valence-electron chi connectivity index (χ0n) is 28.0. The number of pyridine rings is 1. The van der Waals surface area contributed by atoms with Crippen molar-refractivity contribution in [1.82, 2.24) is 19.3 Å². The van der Waals surface area contributed by atoms with Gasteiger partial charge in [-0.1, -0.05) is 63.9 Å². The highest BCUT2D eigenvalue weighted by molar-refractivity contribution is 6.09. The molecule has 0 aliphatic carbocycles. The molecule has 3 heterocycles. The van der Waals surface area contributed by atoms with Gasteiger partial charge < -0.3 is 4.74 Å². The molecule has 0 amide bonds. The van der Waals surface area contributed by atoms with Crippen molar-refractivity contribution in [3.05, 3.63) is 131 Å². The summed E-state index contributed by atoms with van der Waals surface area (Å²) in [5.41, 5.74) is 12.6. The van der Waals surface area contributed by atoms with Crippen LogP contribution in [0.2, 0.25) is 0 Å². The van der Waals surface area contributed by atoms with E-state index in [4.69, 9.17) is 14.8 Å². The molecule has 0 radical (unpaired) electrons. The van der Waals surface area contributed by atoms with Crippen molar-refractivity contribution in [2.75, 3.05) is 0 Å². The second kappa shape index (κ2) is 12.9. The van der Waals surface area contributed by atoms with E-state index in [1.54, 1.807) is 0 Å². The summed E-state index contributed by atoms with van der Waals surface area (Å²) in [5, 5.41) is 7.19. The largest absolute Gasteiger partial charge is 0.457 e. The number of aromatic nitrogens is 4. The smallest absolute Gasteiger partial charge is 0.137 e. The predicted molar refractivity (Wildman–Crippen MR) is 194 cm³/mol. The highest BCUT2D eigenvalue weighted by Crippen LogP contribution is 2.36. The molecular formula is C42H42N4O. The van der Waals surface area contributed by atoms with Crippen molar-refractivity contribution in [3.63, 3.8) is 0 Å². The molecule has 4 aromatic carbocycles. The van der Waals surface area contributed by atoms with Crippen LogP contribution in [0.1, 0.15) is 61.4 Å². The molecule has 0 aliphatic rings. The summed E-state index contributed by atoms with van der Waals surface area (Å²) in [7, 11) is 0. The van der Waals surface area contributed by atoms with Crippen molar-refractivity contribution < 1.29 is 4.74 Å². The molecule has 5 nitrogen and oxygen atoms in total. The van der Waals surface area contributed by atoms with Crippen LogP contribution in [0.25, 0.3) is 44.4 Å². The van der Waals surface area contributed by atoms with Gasteiger partial charge in [0.25, 0.3) is 0 Å². The van der Waals surface area contributed by atoms with Gasteiger partial charge in [-0.15, -0.1) is 0 Å². The SMILES string of the molecule is CCCc1cc(CC)c(-c2cnn(-c3cccc(Oc4ccc5c6ccccc6n(-c6cc(C)ccn6)c5c4)c3)c2)c(C)c1CCC. The van der Waals surface area contributed by atoms with Crippen LogP contribution in [-0.2, 0) is 19.3 Å². The summed E-state index contributed by atoms with van der Waals surface area (Å²) < 4.78 is 10.7. The van der Waals surface area contributed by atoms with Crippen LogP contribution in [0.3, 0.4) is 0 Å². The van der Waals surface area contributed by atoms with Gasteiger partial charge in [-0.2, -0.15) is 5.10 Å². The topological polar surface area (TPSA) is 44.9 Å². The number of hydrogen-bond donors (Lipinski definition) is 0. The Morgan fingerprint density at radius 2 is 1.53 bits per heavy atom. The fraction of sp³-hybridized carbons (Fsp3) is 0.238. The van der Waals surface area contributed by atoms with E-state index in [2.05, 4.69) is 106 Å². The van der Waals surface area contributed by atoms with Crippen LogP contribution in [0.4, 0.5) is 0 Å². The van der Waals surface area contributed by atoms with Crippen LogP contribution in [-0.4, -0.2) is 19.3 Å². The molecule has 0 unspecified atom stereocenters. The first kappa shape index (κ1) is 30.5. The first-order chi connectivity index (χ1) is 23.0. The quantitative estimate of drug-likeness (QED) is 0.153. The van der Waals surface area contributed by atoms with Crippen molar-refractivity contribution in [1.29, 1.82) is 0 Å². The Hall–Kier alpha value is -5.16. The third-order valence-corrected chi connectivity index (χ3v) is 9.25. The Balaban J connectivity index is 1.23. The van der Waals surface area contributed by atoms with Gasteiger partial charge in [-0.25, -0.2) is 9.67 Å². The molecular weight excluding hydrogens is 576 g/mol. The summed E-state index contributed by atoms with van der Waals surface area (Å²) in [6.07, 6.45) is 11.6. The third-order valence-electron chi connectivity index (χ3n) is 9.25. The zero-order chi connectivity index (χ0) is 32.5. The predicted octanol–water partition coefficient (Wildman–Crippen LogP) is 10.9. The number of para-hydroxylation sites is 1. The molecule has 0 fully saturated rings. The molecule has 0 spiro atoms. The van der Waals surface area contributed by atoms with E-state index in [1.807, 2.05) is 41.3 Å². The van der Waals surface area contributed by atoms with Crippen LogP contribution < -0.4 is 4.74 Å². The van der Waals surface area contributed by atoms with Crippen molar-refractivity contribution >= 4 is 21.8 Å². The van der Waals surface area contributed by atoms with E-state index >= 15 is 0 Å². The van der Waals surface area contributed by atoms with Crippen molar-refractivity contribution in [3.8, 4) is 34.1 Å². The van der Waals surface area contributed by atoms with E-state index in [1.165, 1.54) is 44.2 Å². The van der Waals surface area contributed by atoms with Gasteiger partial charge in [-0.3, -0.25) is 4.57 Å². The van der Waals surface area contributed by atoms with E-state index in [0.29, 0.717) is 0 Å². The van der Waals surface area contributed by atoms with E-state index < -0.39 is 0 Å². The summed E-state index contributed by atoms with van der Waals surface area (Å²) in [6, 6.07) is 29.5. The molecule has 3 aromatic heterocycles. The van der Waals surface area contributed by atoms with Crippen LogP contribution >= 0.6 is 0 Å². The minimum absolute atomic E-state index is 0.759. The number of hydrogen-bond acceptors (Lipinski definition) is 3. The monoisotopic (exact) mass is 618 g/mol. The maximum atomic E-state index is 6.51. The summed E-state index contributed by atoms with van der Waals surface area (Å²) in [6.45, 7) is 11.2. The molecule has 7 rings (SSSR count). The van der Waals surface area contributed by atoms with Gasteiger partial charge in [0.2, 0.25) is 0 Å². The number of ether oxygens (including phenoxy) is 1. The zero-order valence-corrected chi connectivity index (χ0v) is 28.0. The molecule has 5 heteroatoms. The Kier molecular flexibility index (Phi) is 8.38. The lowest BCUT2D eigenvalue weighted by molar-refractivity contribution is 0.483. The minimum Gasteiger partial charge on any atom is -0.457 e. The van der Waals surface area contributed by atoms with Gasteiger partial charge in [0, 0.05) is 40.9 Å². The average molecular weight is 619 g/mol. The maximum absolute atomic E-state index is 6.51. The number of aryl methyl sites for hydroxylation is 3. The van der Waals surface area contributed by atoms with Gasteiger partial charge in [0.1, 0.15) is 17.3 Å². The highest BCUT2D eigenvalue weighted by Gasteiger charge is 2.18. The van der Waals surface area contributed by atoms with Gasteiger partial charge in [-0.05, 0) is 109 Å². The van der Waals surface area contributed by atoms with Gasteiger partial charge in [0.15, 0.2) is 0 Å². The standard InChI is InChI=1S/C42H42N4O/c1-6-12-31-23-30(8-3)42(29(5)36(31)13-7-2)32-26-44-45(27-32)33-14-11-15-34(24-33)47-35-18-19-38-37-16-9-10-17-39(37)46(40(38)25-35)41-22-28(4)20-21-43-41/h9-11,14-27H,6-8,12-13H2,1-5H3. The number of benzene rings is 4. The summed E-state index contributed by atoms with van der Waals surface area (Å²) in [4.78, 5) is 4.72.